The lowest BCUT2D eigenvalue weighted by Crippen LogP contribution is -2.46. The van der Waals surface area contributed by atoms with Gasteiger partial charge < -0.3 is 15.7 Å². The Kier molecular flexibility index (Phi) is 4.64. The smallest absolute Gasteiger partial charge is 0.169 e. The normalized spacial score (nSPS) is 15.2. The summed E-state index contributed by atoms with van der Waals surface area (Å²) in [4.78, 5) is 4.63. The number of aromatic nitrogens is 4. The number of nitrogens with two attached hydrogens (primary N) is 1. The molecule has 1 aliphatic heterocycles. The van der Waals surface area contributed by atoms with Crippen LogP contribution in [0.4, 0.5) is 11.5 Å². The molecule has 8 heteroatoms. The number of nitrogen functional groups attached to an aromatic ring is 1. The van der Waals surface area contributed by atoms with E-state index in [4.69, 9.17) is 5.73 Å². The molecular formula is C19H23N7O. The van der Waals surface area contributed by atoms with Crippen LogP contribution in [0.1, 0.15) is 5.56 Å². The van der Waals surface area contributed by atoms with Gasteiger partial charge in [-0.05, 0) is 18.2 Å². The second kappa shape index (κ2) is 7.24. The molecule has 8 nitrogen and oxygen atoms in total. The van der Waals surface area contributed by atoms with Crippen LogP contribution in [0.5, 0.6) is 5.75 Å². The van der Waals surface area contributed by atoms with E-state index >= 15 is 0 Å². The van der Waals surface area contributed by atoms with Crippen molar-refractivity contribution in [1.29, 1.82) is 0 Å². The van der Waals surface area contributed by atoms with Crippen molar-refractivity contribution < 1.29 is 5.11 Å². The van der Waals surface area contributed by atoms with Crippen LogP contribution in [0, 0.1) is 0 Å². The zero-order valence-corrected chi connectivity index (χ0v) is 15.3. The molecule has 1 saturated heterocycles. The summed E-state index contributed by atoms with van der Waals surface area (Å²) in [6.45, 7) is 4.48. The highest BCUT2D eigenvalue weighted by Gasteiger charge is 2.21. The van der Waals surface area contributed by atoms with Gasteiger partial charge in [0.2, 0.25) is 0 Å². The van der Waals surface area contributed by atoms with E-state index in [9.17, 15) is 5.11 Å². The number of rotatable bonds is 4. The lowest BCUT2D eigenvalue weighted by Gasteiger charge is -2.36. The Morgan fingerprint density at radius 3 is 2.59 bits per heavy atom. The van der Waals surface area contributed by atoms with Gasteiger partial charge in [0.05, 0.1) is 17.6 Å². The zero-order valence-electron chi connectivity index (χ0n) is 15.3. The first-order chi connectivity index (χ1) is 13.1. The molecule has 27 heavy (non-hydrogen) atoms. The summed E-state index contributed by atoms with van der Waals surface area (Å²) in [7, 11) is 1.93. The summed E-state index contributed by atoms with van der Waals surface area (Å²) in [5.41, 5.74) is 9.45. The van der Waals surface area contributed by atoms with E-state index in [0.29, 0.717) is 17.1 Å². The van der Waals surface area contributed by atoms with Crippen molar-refractivity contribution in [3.05, 3.63) is 48.3 Å². The number of hydrogen-bond acceptors (Lipinski definition) is 7. The molecular weight excluding hydrogens is 342 g/mol. The highest BCUT2D eigenvalue weighted by molar-refractivity contribution is 5.74. The summed E-state index contributed by atoms with van der Waals surface area (Å²) >= 11 is 0. The predicted octanol–water partition coefficient (Wildman–Crippen LogP) is 1.49. The molecule has 0 aliphatic carbocycles. The first kappa shape index (κ1) is 17.3. The Hall–Kier alpha value is -3.13. The van der Waals surface area contributed by atoms with Crippen LogP contribution in [0.2, 0.25) is 0 Å². The third-order valence-electron chi connectivity index (χ3n) is 4.86. The van der Waals surface area contributed by atoms with Crippen LogP contribution in [0.15, 0.2) is 42.7 Å². The molecule has 1 fully saturated rings. The quantitative estimate of drug-likeness (QED) is 0.723. The number of aromatic hydroxyl groups is 1. The molecule has 3 aromatic rings. The molecule has 1 aromatic carbocycles. The fourth-order valence-corrected chi connectivity index (χ4v) is 3.43. The van der Waals surface area contributed by atoms with Crippen LogP contribution < -0.4 is 10.6 Å². The molecule has 140 valence electrons. The number of para-hydroxylation sites is 1. The lowest BCUT2D eigenvalue weighted by molar-refractivity contribution is 0.250. The third kappa shape index (κ3) is 3.70. The minimum atomic E-state index is 0.184. The second-order valence-corrected chi connectivity index (χ2v) is 6.80. The van der Waals surface area contributed by atoms with Crippen molar-refractivity contribution >= 4 is 11.5 Å². The fraction of sp³-hybridized carbons (Fsp3) is 0.316. The zero-order chi connectivity index (χ0) is 18.8. The molecule has 1 aliphatic rings. The second-order valence-electron chi connectivity index (χ2n) is 6.80. The molecule has 0 spiro atoms. The summed E-state index contributed by atoms with van der Waals surface area (Å²) in [5.74, 6) is 0.596. The molecule has 0 amide bonds. The van der Waals surface area contributed by atoms with E-state index < -0.39 is 0 Å². The number of benzene rings is 1. The number of piperazine rings is 1. The van der Waals surface area contributed by atoms with Gasteiger partial charge in [-0.15, -0.1) is 10.2 Å². The number of anilines is 2. The van der Waals surface area contributed by atoms with E-state index in [-0.39, 0.29) is 5.75 Å². The standard InChI is InChI=1S/C19H23N7O/c1-24-12-14(11-21-24)13-25-6-8-26(9-7-25)17-10-16(22-23-19(17)20)15-4-2-3-5-18(15)27/h2-5,10-12,27H,6-9,13H2,1H3,(H2,20,23). The van der Waals surface area contributed by atoms with Crippen molar-refractivity contribution in [1.82, 2.24) is 24.9 Å². The van der Waals surface area contributed by atoms with Gasteiger partial charge >= 0.3 is 0 Å². The SMILES string of the molecule is Cn1cc(CN2CCN(c3cc(-c4ccccc4O)nnc3N)CC2)cn1. The predicted molar refractivity (Wildman–Crippen MR) is 104 cm³/mol. The van der Waals surface area contributed by atoms with Crippen molar-refractivity contribution in [3.8, 4) is 17.0 Å². The van der Waals surface area contributed by atoms with Crippen molar-refractivity contribution in [3.63, 3.8) is 0 Å². The van der Waals surface area contributed by atoms with Gasteiger partial charge in [0.1, 0.15) is 5.75 Å². The van der Waals surface area contributed by atoms with Gasteiger partial charge in [-0.25, -0.2) is 0 Å². The van der Waals surface area contributed by atoms with E-state index in [1.165, 1.54) is 5.56 Å². The minimum absolute atomic E-state index is 0.184. The maximum absolute atomic E-state index is 10.1. The number of hydrogen-bond donors (Lipinski definition) is 2. The summed E-state index contributed by atoms with van der Waals surface area (Å²) in [6, 6.07) is 9.03. The Bertz CT molecular complexity index is 931. The highest BCUT2D eigenvalue weighted by atomic mass is 16.3. The van der Waals surface area contributed by atoms with E-state index in [2.05, 4.69) is 31.3 Å². The van der Waals surface area contributed by atoms with Crippen LogP contribution >= 0.6 is 0 Å². The van der Waals surface area contributed by atoms with Crippen molar-refractivity contribution in [2.24, 2.45) is 7.05 Å². The van der Waals surface area contributed by atoms with Crippen molar-refractivity contribution in [2.75, 3.05) is 36.8 Å². The van der Waals surface area contributed by atoms with Crippen LogP contribution in [-0.2, 0) is 13.6 Å². The van der Waals surface area contributed by atoms with E-state index in [0.717, 1.165) is 38.4 Å². The Morgan fingerprint density at radius 2 is 1.89 bits per heavy atom. The summed E-state index contributed by atoms with van der Waals surface area (Å²) in [5, 5.41) is 22.6. The van der Waals surface area contributed by atoms with Gasteiger partial charge in [0, 0.05) is 57.1 Å². The average molecular weight is 365 g/mol. The molecule has 0 unspecified atom stereocenters. The Balaban J connectivity index is 1.48. The van der Waals surface area contributed by atoms with Gasteiger partial charge in [-0.2, -0.15) is 5.10 Å². The number of nitrogens with zero attached hydrogens (tertiary/aromatic N) is 6. The molecule has 3 N–H and O–H groups in total. The molecule has 0 bridgehead atoms. The van der Waals surface area contributed by atoms with E-state index in [1.54, 1.807) is 12.1 Å². The summed E-state index contributed by atoms with van der Waals surface area (Å²) in [6.07, 6.45) is 3.96. The Morgan fingerprint density at radius 1 is 1.11 bits per heavy atom. The first-order valence-electron chi connectivity index (χ1n) is 8.96. The lowest BCUT2D eigenvalue weighted by atomic mass is 10.1. The largest absolute Gasteiger partial charge is 0.507 e. The van der Waals surface area contributed by atoms with Gasteiger partial charge in [-0.3, -0.25) is 9.58 Å². The van der Waals surface area contributed by atoms with Gasteiger partial charge in [0.15, 0.2) is 5.82 Å². The molecule has 3 heterocycles. The third-order valence-corrected chi connectivity index (χ3v) is 4.86. The fourth-order valence-electron chi connectivity index (χ4n) is 3.43. The number of phenolic OH excluding ortho intramolecular Hbond substituents is 1. The van der Waals surface area contributed by atoms with E-state index in [1.807, 2.05) is 36.1 Å². The Labute approximate surface area is 157 Å². The first-order valence-corrected chi connectivity index (χ1v) is 8.96. The number of phenols is 1. The number of aryl methyl sites for hydroxylation is 1. The maximum Gasteiger partial charge on any atom is 0.169 e. The van der Waals surface area contributed by atoms with Crippen LogP contribution in [0.3, 0.4) is 0 Å². The average Bonchev–Trinajstić information content (AvgIpc) is 3.08. The van der Waals surface area contributed by atoms with Crippen molar-refractivity contribution in [2.45, 2.75) is 6.54 Å². The monoisotopic (exact) mass is 365 g/mol. The van der Waals surface area contributed by atoms with Gasteiger partial charge in [-0.1, -0.05) is 12.1 Å². The molecule has 0 radical (unpaired) electrons. The molecule has 0 saturated carbocycles. The van der Waals surface area contributed by atoms with Crippen LogP contribution in [-0.4, -0.2) is 56.2 Å². The highest BCUT2D eigenvalue weighted by Crippen LogP contribution is 2.31. The minimum Gasteiger partial charge on any atom is -0.507 e. The maximum atomic E-state index is 10.1. The summed E-state index contributed by atoms with van der Waals surface area (Å²) < 4.78 is 1.83. The van der Waals surface area contributed by atoms with Gasteiger partial charge in [0.25, 0.3) is 0 Å². The topological polar surface area (TPSA) is 96.3 Å². The molecule has 4 rings (SSSR count). The molecule has 0 atom stereocenters. The molecule has 2 aromatic heterocycles. The van der Waals surface area contributed by atoms with Crippen LogP contribution in [0.25, 0.3) is 11.3 Å².